The first-order valence-electron chi connectivity index (χ1n) is 9.34. The van der Waals surface area contributed by atoms with Crippen molar-refractivity contribution in [2.24, 2.45) is 12.1 Å². The van der Waals surface area contributed by atoms with Gasteiger partial charge >= 0.3 is 5.97 Å². The lowest BCUT2D eigenvalue weighted by molar-refractivity contribution is -0.385. The Morgan fingerprint density at radius 3 is 2.56 bits per heavy atom. The second-order valence-electron chi connectivity index (χ2n) is 6.86. The van der Waals surface area contributed by atoms with Crippen LogP contribution >= 0.6 is 35.4 Å². The molecule has 2 aromatic carbocycles. The first-order chi connectivity index (χ1) is 16.0. The van der Waals surface area contributed by atoms with Crippen LogP contribution in [0.2, 0.25) is 10.0 Å². The fraction of sp³-hybridized carbons (Fsp3) is 0.100. The molecule has 0 radical (unpaired) electrons. The van der Waals surface area contributed by atoms with E-state index < -0.39 is 22.1 Å². The molecule has 0 unspecified atom stereocenters. The van der Waals surface area contributed by atoms with E-state index in [0.29, 0.717) is 21.3 Å². The van der Waals surface area contributed by atoms with Crippen molar-refractivity contribution in [2.45, 2.75) is 6.92 Å². The highest BCUT2D eigenvalue weighted by molar-refractivity contribution is 7.80. The van der Waals surface area contributed by atoms with Crippen molar-refractivity contribution in [1.82, 2.24) is 15.2 Å². The molecule has 11 nitrogen and oxygen atoms in total. The van der Waals surface area contributed by atoms with Crippen molar-refractivity contribution in [2.75, 3.05) is 5.32 Å². The fourth-order valence-corrected chi connectivity index (χ4v) is 3.47. The molecule has 0 aliphatic rings. The van der Waals surface area contributed by atoms with Gasteiger partial charge in [-0.3, -0.25) is 20.2 Å². The number of hydrogen-bond acceptors (Lipinski definition) is 7. The van der Waals surface area contributed by atoms with Gasteiger partial charge in [0.05, 0.1) is 20.7 Å². The number of aromatic hydroxyl groups is 1. The van der Waals surface area contributed by atoms with Crippen LogP contribution in [0.25, 0.3) is 11.3 Å². The van der Waals surface area contributed by atoms with E-state index in [1.165, 1.54) is 10.7 Å². The number of anilines is 1. The highest BCUT2D eigenvalue weighted by Crippen LogP contribution is 2.35. The van der Waals surface area contributed by atoms with Gasteiger partial charge in [0.1, 0.15) is 11.3 Å². The minimum Gasteiger partial charge on any atom is -0.504 e. The summed E-state index contributed by atoms with van der Waals surface area (Å²) in [6.07, 6.45) is 0. The number of aromatic carboxylic acids is 1. The lowest BCUT2D eigenvalue weighted by Crippen LogP contribution is -2.25. The molecule has 0 aliphatic carbocycles. The number of halogens is 2. The Balaban J connectivity index is 1.78. The maximum absolute atomic E-state index is 11.1. The van der Waals surface area contributed by atoms with Gasteiger partial charge < -0.3 is 15.5 Å². The van der Waals surface area contributed by atoms with Gasteiger partial charge in [0.15, 0.2) is 16.6 Å². The third-order valence-corrected chi connectivity index (χ3v) is 5.50. The number of carbonyl (C=O) groups is 1. The number of nitro benzene ring substituents is 1. The summed E-state index contributed by atoms with van der Waals surface area (Å²) in [5, 5.41) is 42.6. The van der Waals surface area contributed by atoms with Crippen LogP contribution in [-0.2, 0) is 7.05 Å². The summed E-state index contributed by atoms with van der Waals surface area (Å²) in [6.45, 7) is 1.59. The fourth-order valence-electron chi connectivity index (χ4n) is 3.01. The molecule has 4 N–H and O–H groups in total. The monoisotopic (exact) mass is 522 g/mol. The highest BCUT2D eigenvalue weighted by Gasteiger charge is 2.21. The number of aromatic nitrogens is 2. The van der Waals surface area contributed by atoms with Crippen LogP contribution in [0, 0.1) is 10.1 Å². The van der Waals surface area contributed by atoms with E-state index in [-0.39, 0.29) is 28.0 Å². The van der Waals surface area contributed by atoms with Crippen LogP contribution in [0.3, 0.4) is 0 Å². The number of carboxylic acid groups (broad SMARTS) is 1. The normalized spacial score (nSPS) is 11.2. The number of aryl methyl sites for hydroxylation is 1. The molecule has 0 fully saturated rings. The second-order valence-corrected chi connectivity index (χ2v) is 8.08. The van der Waals surface area contributed by atoms with Gasteiger partial charge in [-0.1, -0.05) is 29.3 Å². The molecule has 176 valence electrons. The van der Waals surface area contributed by atoms with Crippen LogP contribution in [0.5, 0.6) is 5.75 Å². The van der Waals surface area contributed by atoms with Crippen LogP contribution in [0.4, 0.5) is 11.4 Å². The van der Waals surface area contributed by atoms with Gasteiger partial charge in [-0.05, 0) is 43.4 Å². The molecule has 0 spiro atoms. The molecule has 3 rings (SSSR count). The van der Waals surface area contributed by atoms with E-state index in [2.05, 4.69) is 20.9 Å². The number of carboxylic acids is 1. The van der Waals surface area contributed by atoms with E-state index in [1.807, 2.05) is 0 Å². The van der Waals surface area contributed by atoms with Gasteiger partial charge in [0, 0.05) is 24.4 Å². The number of nitrogens with zero attached hydrogens (tertiary/aromatic N) is 4. The number of nitro groups is 1. The van der Waals surface area contributed by atoms with Crippen LogP contribution in [-0.4, -0.2) is 41.7 Å². The number of thiocarbonyl (C=S) groups is 1. The molecular formula is C20H16Cl2N6O5S. The Bertz CT molecular complexity index is 1360. The summed E-state index contributed by atoms with van der Waals surface area (Å²) in [4.78, 5) is 21.5. The lowest BCUT2D eigenvalue weighted by Gasteiger charge is -2.08. The van der Waals surface area contributed by atoms with Crippen LogP contribution < -0.4 is 10.7 Å². The highest BCUT2D eigenvalue weighted by atomic mass is 35.5. The lowest BCUT2D eigenvalue weighted by atomic mass is 10.1. The number of nitrogens with one attached hydrogen (secondary N) is 2. The van der Waals surface area contributed by atoms with E-state index in [4.69, 9.17) is 40.5 Å². The van der Waals surface area contributed by atoms with Gasteiger partial charge in [0.2, 0.25) is 0 Å². The summed E-state index contributed by atoms with van der Waals surface area (Å²) in [5.74, 6) is -1.56. The van der Waals surface area contributed by atoms with Gasteiger partial charge in [0.25, 0.3) is 5.69 Å². The standard InChI is InChI=1S/C20H16Cl2N6O5S/c1-9(16-18(29)17(27(2)26-16)10-3-6-13(21)14(22)7-10)24-25-20(34)23-11-4-5-12(19(30)31)15(8-11)28(32)33/h3-8,29H,1-2H3,(H,30,31)(H2,23,25,34)/b24-9-. The minimum atomic E-state index is -1.42. The summed E-state index contributed by atoms with van der Waals surface area (Å²) < 4.78 is 1.46. The molecule has 1 aromatic heterocycles. The molecule has 34 heavy (non-hydrogen) atoms. The van der Waals surface area contributed by atoms with Crippen LogP contribution in [0.15, 0.2) is 41.5 Å². The molecule has 14 heteroatoms. The zero-order valence-corrected chi connectivity index (χ0v) is 19.9. The summed E-state index contributed by atoms with van der Waals surface area (Å²) in [7, 11) is 1.64. The molecule has 1 heterocycles. The minimum absolute atomic E-state index is 0.0307. The first-order valence-corrected chi connectivity index (χ1v) is 10.5. The van der Waals surface area contributed by atoms with E-state index in [1.54, 1.807) is 32.2 Å². The molecule has 0 atom stereocenters. The summed E-state index contributed by atoms with van der Waals surface area (Å²) >= 11 is 17.2. The average molecular weight is 523 g/mol. The zero-order chi connectivity index (χ0) is 25.2. The Kier molecular flexibility index (Phi) is 7.35. The summed E-state index contributed by atoms with van der Waals surface area (Å²) in [6, 6.07) is 8.36. The van der Waals surface area contributed by atoms with E-state index in [9.17, 15) is 20.0 Å². The molecule has 0 aliphatic heterocycles. The second kappa shape index (κ2) is 10.0. The van der Waals surface area contributed by atoms with Crippen LogP contribution in [0.1, 0.15) is 23.0 Å². The van der Waals surface area contributed by atoms with Gasteiger partial charge in [-0.15, -0.1) is 0 Å². The Hall–Kier alpha value is -3.74. The molecule has 0 bridgehead atoms. The maximum atomic E-state index is 11.1. The van der Waals surface area contributed by atoms with Crippen molar-refractivity contribution >= 4 is 63.6 Å². The molecule has 3 aromatic rings. The van der Waals surface area contributed by atoms with E-state index in [0.717, 1.165) is 12.1 Å². The number of hydrazone groups is 1. The third kappa shape index (κ3) is 5.25. The molecule has 0 amide bonds. The van der Waals surface area contributed by atoms with Crippen molar-refractivity contribution < 1.29 is 19.9 Å². The third-order valence-electron chi connectivity index (χ3n) is 4.57. The Morgan fingerprint density at radius 1 is 1.24 bits per heavy atom. The zero-order valence-electron chi connectivity index (χ0n) is 17.5. The topological polar surface area (TPSA) is 155 Å². The van der Waals surface area contributed by atoms with Crippen molar-refractivity contribution in [3.8, 4) is 17.0 Å². The first kappa shape index (κ1) is 24.9. The molecule has 0 saturated carbocycles. The Morgan fingerprint density at radius 2 is 1.94 bits per heavy atom. The predicted molar refractivity (Wildman–Crippen MR) is 132 cm³/mol. The largest absolute Gasteiger partial charge is 0.504 e. The number of benzene rings is 2. The van der Waals surface area contributed by atoms with Crippen molar-refractivity contribution in [3.63, 3.8) is 0 Å². The van der Waals surface area contributed by atoms with Crippen molar-refractivity contribution in [3.05, 3.63) is 67.8 Å². The smallest absolute Gasteiger partial charge is 0.342 e. The predicted octanol–water partition coefficient (Wildman–Crippen LogP) is 4.42. The number of rotatable bonds is 6. The average Bonchev–Trinajstić information content (AvgIpc) is 3.07. The molecule has 0 saturated heterocycles. The van der Waals surface area contributed by atoms with Gasteiger partial charge in [-0.2, -0.15) is 10.2 Å². The Labute approximate surface area is 207 Å². The van der Waals surface area contributed by atoms with Gasteiger partial charge in [-0.25, -0.2) is 4.79 Å². The van der Waals surface area contributed by atoms with E-state index >= 15 is 0 Å². The van der Waals surface area contributed by atoms with Crippen molar-refractivity contribution in [1.29, 1.82) is 0 Å². The molecular weight excluding hydrogens is 507 g/mol. The SMILES string of the molecule is C/C(=N/NC(=S)Nc1ccc(C(=O)O)c([N+](=O)[O-])c1)c1nn(C)c(-c2ccc(Cl)c(Cl)c2)c1O. The number of hydrogen-bond donors (Lipinski definition) is 4. The quantitative estimate of drug-likeness (QED) is 0.159. The maximum Gasteiger partial charge on any atom is 0.342 e. The summed E-state index contributed by atoms with van der Waals surface area (Å²) in [5.41, 5.74) is 3.16.